The Kier molecular flexibility index (Phi) is 4.84. The van der Waals surface area contributed by atoms with Crippen molar-refractivity contribution in [1.82, 2.24) is 34.6 Å². The molecule has 4 rings (SSSR count). The van der Waals surface area contributed by atoms with Gasteiger partial charge in [-0.2, -0.15) is 5.10 Å². The standard InChI is InChI=1S/C19H26N8O/c1-19(2,3)14-4-5-15(28)27(24-14)11-8-25-6-9-26(10-7-25)18-16-17(21-12-20-16)22-13-23-18/h4-5,12-13H,6-11H2,1-3H3,(H,20,21,22,23). The predicted molar refractivity (Wildman–Crippen MR) is 108 cm³/mol. The van der Waals surface area contributed by atoms with Crippen molar-refractivity contribution in [2.45, 2.75) is 32.7 Å². The van der Waals surface area contributed by atoms with Crippen molar-refractivity contribution in [1.29, 1.82) is 0 Å². The van der Waals surface area contributed by atoms with Gasteiger partial charge in [0.25, 0.3) is 5.56 Å². The summed E-state index contributed by atoms with van der Waals surface area (Å²) in [7, 11) is 0. The van der Waals surface area contributed by atoms with Crippen LogP contribution in [0.4, 0.5) is 5.82 Å². The second-order valence-electron chi connectivity index (χ2n) is 8.16. The van der Waals surface area contributed by atoms with Crippen LogP contribution < -0.4 is 10.5 Å². The van der Waals surface area contributed by atoms with Gasteiger partial charge in [0, 0.05) is 44.2 Å². The molecule has 3 aromatic heterocycles. The van der Waals surface area contributed by atoms with Crippen LogP contribution >= 0.6 is 0 Å². The molecule has 3 aromatic rings. The summed E-state index contributed by atoms with van der Waals surface area (Å²) in [6, 6.07) is 3.45. The maximum Gasteiger partial charge on any atom is 0.266 e. The van der Waals surface area contributed by atoms with Crippen molar-refractivity contribution in [3.05, 3.63) is 40.8 Å². The first-order chi connectivity index (χ1) is 13.4. The van der Waals surface area contributed by atoms with Crippen LogP contribution in [0.2, 0.25) is 0 Å². The van der Waals surface area contributed by atoms with E-state index in [0.29, 0.717) is 12.2 Å². The van der Waals surface area contributed by atoms with Gasteiger partial charge in [0.2, 0.25) is 0 Å². The van der Waals surface area contributed by atoms with E-state index in [1.54, 1.807) is 23.4 Å². The number of hydrogen-bond acceptors (Lipinski definition) is 7. The van der Waals surface area contributed by atoms with Crippen molar-refractivity contribution in [2.24, 2.45) is 0 Å². The molecule has 0 atom stereocenters. The molecule has 1 fully saturated rings. The summed E-state index contributed by atoms with van der Waals surface area (Å²) >= 11 is 0. The number of fused-ring (bicyclic) bond motifs is 1. The lowest BCUT2D eigenvalue weighted by atomic mass is 9.92. The lowest BCUT2D eigenvalue weighted by molar-refractivity contribution is 0.241. The van der Waals surface area contributed by atoms with Gasteiger partial charge in [-0.1, -0.05) is 20.8 Å². The van der Waals surface area contributed by atoms with E-state index in [9.17, 15) is 4.79 Å². The Morgan fingerprint density at radius 1 is 1.04 bits per heavy atom. The van der Waals surface area contributed by atoms with E-state index in [4.69, 9.17) is 0 Å². The summed E-state index contributed by atoms with van der Waals surface area (Å²) in [5.41, 5.74) is 2.39. The van der Waals surface area contributed by atoms with Gasteiger partial charge in [-0.3, -0.25) is 9.69 Å². The normalized spacial score (nSPS) is 16.0. The molecule has 0 aliphatic carbocycles. The van der Waals surface area contributed by atoms with Crippen molar-refractivity contribution in [3.8, 4) is 0 Å². The molecule has 4 heterocycles. The molecule has 0 saturated carbocycles. The van der Waals surface area contributed by atoms with Crippen molar-refractivity contribution in [2.75, 3.05) is 37.6 Å². The Morgan fingerprint density at radius 3 is 2.57 bits per heavy atom. The van der Waals surface area contributed by atoms with E-state index in [1.165, 1.54) is 0 Å². The molecule has 9 heteroatoms. The van der Waals surface area contributed by atoms with Crippen LogP contribution in [0.25, 0.3) is 11.2 Å². The van der Waals surface area contributed by atoms with Gasteiger partial charge < -0.3 is 9.88 Å². The predicted octanol–water partition coefficient (Wildman–Crippen LogP) is 1.03. The van der Waals surface area contributed by atoms with E-state index in [0.717, 1.165) is 49.8 Å². The molecule has 1 N–H and O–H groups in total. The number of rotatable bonds is 4. The van der Waals surface area contributed by atoms with Crippen LogP contribution in [0.5, 0.6) is 0 Å². The summed E-state index contributed by atoms with van der Waals surface area (Å²) < 4.78 is 1.59. The first-order valence-corrected chi connectivity index (χ1v) is 9.62. The third-order valence-electron chi connectivity index (χ3n) is 5.14. The average Bonchev–Trinajstić information content (AvgIpc) is 3.16. The number of anilines is 1. The molecule has 0 amide bonds. The summed E-state index contributed by atoms with van der Waals surface area (Å²) in [5.74, 6) is 0.901. The van der Waals surface area contributed by atoms with E-state index >= 15 is 0 Å². The van der Waals surface area contributed by atoms with Gasteiger partial charge in [0.05, 0.1) is 18.6 Å². The number of aromatic nitrogens is 6. The Bertz CT molecular complexity index is 1010. The summed E-state index contributed by atoms with van der Waals surface area (Å²) in [5, 5.41) is 4.56. The molecule has 28 heavy (non-hydrogen) atoms. The van der Waals surface area contributed by atoms with Crippen LogP contribution in [0, 0.1) is 0 Å². The molecule has 0 spiro atoms. The fourth-order valence-corrected chi connectivity index (χ4v) is 3.42. The SMILES string of the molecule is CC(C)(C)c1ccc(=O)n(CCN2CCN(c3ncnc4nc[nH]c34)CC2)n1. The van der Waals surface area contributed by atoms with E-state index in [1.807, 2.05) is 6.07 Å². The van der Waals surface area contributed by atoms with Gasteiger partial charge in [0.15, 0.2) is 11.5 Å². The highest BCUT2D eigenvalue weighted by molar-refractivity contribution is 5.82. The van der Waals surface area contributed by atoms with Crippen LogP contribution in [0.1, 0.15) is 26.5 Å². The second kappa shape index (κ2) is 7.31. The van der Waals surface area contributed by atoms with E-state index < -0.39 is 0 Å². The van der Waals surface area contributed by atoms with Crippen LogP contribution in [-0.2, 0) is 12.0 Å². The number of H-pyrrole nitrogens is 1. The molecule has 1 aliphatic rings. The summed E-state index contributed by atoms with van der Waals surface area (Å²) in [4.78, 5) is 32.7. The van der Waals surface area contributed by atoms with Crippen LogP contribution in [-0.4, -0.2) is 67.3 Å². The third-order valence-corrected chi connectivity index (χ3v) is 5.14. The Balaban J connectivity index is 1.38. The average molecular weight is 382 g/mol. The quantitative estimate of drug-likeness (QED) is 0.720. The first kappa shape index (κ1) is 18.5. The molecular formula is C19H26N8O. The number of nitrogens with zero attached hydrogens (tertiary/aromatic N) is 7. The monoisotopic (exact) mass is 382 g/mol. The van der Waals surface area contributed by atoms with E-state index in [2.05, 4.69) is 55.6 Å². The second-order valence-corrected chi connectivity index (χ2v) is 8.16. The lowest BCUT2D eigenvalue weighted by Crippen LogP contribution is -2.48. The maximum atomic E-state index is 12.2. The number of nitrogens with one attached hydrogen (secondary N) is 1. The zero-order chi connectivity index (χ0) is 19.7. The van der Waals surface area contributed by atoms with Crippen molar-refractivity contribution in [3.63, 3.8) is 0 Å². The highest BCUT2D eigenvalue weighted by Gasteiger charge is 2.21. The Labute approximate surface area is 163 Å². The minimum absolute atomic E-state index is 0.0470. The minimum Gasteiger partial charge on any atom is -0.352 e. The van der Waals surface area contributed by atoms with Crippen molar-refractivity contribution >= 4 is 17.0 Å². The Morgan fingerprint density at radius 2 is 1.82 bits per heavy atom. The fourth-order valence-electron chi connectivity index (χ4n) is 3.42. The number of imidazole rings is 1. The highest BCUT2D eigenvalue weighted by atomic mass is 16.1. The number of hydrogen-bond donors (Lipinski definition) is 1. The smallest absolute Gasteiger partial charge is 0.266 e. The zero-order valence-electron chi connectivity index (χ0n) is 16.6. The molecular weight excluding hydrogens is 356 g/mol. The minimum atomic E-state index is -0.0728. The topological polar surface area (TPSA) is 95.8 Å². The molecule has 1 saturated heterocycles. The molecule has 9 nitrogen and oxygen atoms in total. The third kappa shape index (κ3) is 3.75. The van der Waals surface area contributed by atoms with Crippen LogP contribution in [0.3, 0.4) is 0 Å². The van der Waals surface area contributed by atoms with E-state index in [-0.39, 0.29) is 11.0 Å². The van der Waals surface area contributed by atoms with Gasteiger partial charge in [-0.25, -0.2) is 19.6 Å². The lowest BCUT2D eigenvalue weighted by Gasteiger charge is -2.35. The molecule has 0 radical (unpaired) electrons. The van der Waals surface area contributed by atoms with Gasteiger partial charge in [-0.15, -0.1) is 0 Å². The molecule has 148 valence electrons. The summed E-state index contributed by atoms with van der Waals surface area (Å²) in [6.45, 7) is 11.3. The number of piperazine rings is 1. The van der Waals surface area contributed by atoms with Gasteiger partial charge >= 0.3 is 0 Å². The maximum absolute atomic E-state index is 12.2. The first-order valence-electron chi connectivity index (χ1n) is 9.62. The number of aromatic amines is 1. The molecule has 0 aromatic carbocycles. The highest BCUT2D eigenvalue weighted by Crippen LogP contribution is 2.21. The molecule has 0 bridgehead atoms. The van der Waals surface area contributed by atoms with Gasteiger partial charge in [-0.05, 0) is 6.07 Å². The molecule has 0 unspecified atom stereocenters. The van der Waals surface area contributed by atoms with Gasteiger partial charge in [0.1, 0.15) is 11.8 Å². The van der Waals surface area contributed by atoms with Crippen molar-refractivity contribution < 1.29 is 0 Å². The zero-order valence-corrected chi connectivity index (χ0v) is 16.6. The largest absolute Gasteiger partial charge is 0.352 e. The summed E-state index contributed by atoms with van der Waals surface area (Å²) in [6.07, 6.45) is 3.21. The fraction of sp³-hybridized carbons (Fsp3) is 0.526. The molecule has 1 aliphatic heterocycles. The van der Waals surface area contributed by atoms with Crippen LogP contribution in [0.15, 0.2) is 29.6 Å². The Hall–Kier alpha value is -2.81.